The molecule has 2 unspecified atom stereocenters. The predicted octanol–water partition coefficient (Wildman–Crippen LogP) is 0.288. The van der Waals surface area contributed by atoms with Crippen LogP contribution in [-0.2, 0) is 4.79 Å². The molecule has 0 aromatic heterocycles. The number of aliphatic hydroxyl groups excluding tert-OH is 1. The highest BCUT2D eigenvalue weighted by atomic mass is 32.1. The lowest BCUT2D eigenvalue weighted by molar-refractivity contribution is -0.133. The Bertz CT molecular complexity index is 172. The van der Waals surface area contributed by atoms with Gasteiger partial charge in [-0.1, -0.05) is 0 Å². The molecule has 1 rings (SSSR count). The van der Waals surface area contributed by atoms with Crippen LogP contribution in [0, 0.1) is 0 Å². The Morgan fingerprint density at radius 1 is 1.75 bits per heavy atom. The molecule has 0 radical (unpaired) electrons. The van der Waals surface area contributed by atoms with Crippen LogP contribution in [0.4, 0.5) is 0 Å². The van der Waals surface area contributed by atoms with E-state index in [4.69, 9.17) is 0 Å². The van der Waals surface area contributed by atoms with E-state index in [2.05, 4.69) is 12.6 Å². The van der Waals surface area contributed by atoms with Gasteiger partial charge in [0.25, 0.3) is 0 Å². The molecule has 0 aromatic rings. The standard InChI is InChI=1S/C8H15NO2S/c1-6(12)8(11)9-4-2-3-7(10)5-9/h6-7,10,12H,2-5H2,1H3. The summed E-state index contributed by atoms with van der Waals surface area (Å²) in [4.78, 5) is 13.1. The van der Waals surface area contributed by atoms with Crippen LogP contribution in [0.1, 0.15) is 19.8 Å². The molecule has 0 bridgehead atoms. The summed E-state index contributed by atoms with van der Waals surface area (Å²) in [6.45, 7) is 3.00. The number of nitrogens with zero attached hydrogens (tertiary/aromatic N) is 1. The molecule has 0 aromatic carbocycles. The summed E-state index contributed by atoms with van der Waals surface area (Å²) >= 11 is 4.06. The van der Waals surface area contributed by atoms with Crippen LogP contribution in [0.25, 0.3) is 0 Å². The minimum atomic E-state index is -0.338. The number of thiol groups is 1. The van der Waals surface area contributed by atoms with Crippen LogP contribution in [0.15, 0.2) is 0 Å². The number of amides is 1. The highest BCUT2D eigenvalue weighted by Gasteiger charge is 2.23. The Morgan fingerprint density at radius 3 is 2.92 bits per heavy atom. The van der Waals surface area contributed by atoms with Gasteiger partial charge in [-0.3, -0.25) is 4.79 Å². The van der Waals surface area contributed by atoms with Crippen molar-refractivity contribution in [3.63, 3.8) is 0 Å². The van der Waals surface area contributed by atoms with Crippen LogP contribution in [-0.4, -0.2) is 40.4 Å². The van der Waals surface area contributed by atoms with Crippen molar-refractivity contribution < 1.29 is 9.90 Å². The van der Waals surface area contributed by atoms with E-state index in [0.29, 0.717) is 6.54 Å². The number of likely N-dealkylation sites (tertiary alicyclic amines) is 1. The number of hydrogen-bond donors (Lipinski definition) is 2. The molecule has 70 valence electrons. The molecule has 1 heterocycles. The van der Waals surface area contributed by atoms with Gasteiger partial charge in [0.2, 0.25) is 5.91 Å². The van der Waals surface area contributed by atoms with Gasteiger partial charge in [0, 0.05) is 13.1 Å². The van der Waals surface area contributed by atoms with Crippen LogP contribution in [0.3, 0.4) is 0 Å². The van der Waals surface area contributed by atoms with Crippen molar-refractivity contribution in [2.75, 3.05) is 13.1 Å². The second kappa shape index (κ2) is 4.14. The van der Waals surface area contributed by atoms with Crippen molar-refractivity contribution in [2.45, 2.75) is 31.1 Å². The minimum Gasteiger partial charge on any atom is -0.391 e. The van der Waals surface area contributed by atoms with Crippen molar-refractivity contribution in [1.82, 2.24) is 4.90 Å². The predicted molar refractivity (Wildman–Crippen MR) is 50.3 cm³/mol. The summed E-state index contributed by atoms with van der Waals surface area (Å²) in [7, 11) is 0. The molecule has 1 aliphatic rings. The van der Waals surface area contributed by atoms with E-state index in [0.717, 1.165) is 19.4 Å². The van der Waals surface area contributed by atoms with Crippen molar-refractivity contribution in [3.8, 4) is 0 Å². The fraction of sp³-hybridized carbons (Fsp3) is 0.875. The first kappa shape index (κ1) is 9.86. The molecule has 1 N–H and O–H groups in total. The average molecular weight is 189 g/mol. The fourth-order valence-electron chi connectivity index (χ4n) is 1.42. The third-order valence-corrected chi connectivity index (χ3v) is 2.29. The lowest BCUT2D eigenvalue weighted by Gasteiger charge is -2.31. The van der Waals surface area contributed by atoms with Gasteiger partial charge in [-0.15, -0.1) is 0 Å². The van der Waals surface area contributed by atoms with Gasteiger partial charge in [0.15, 0.2) is 0 Å². The number of carbonyl (C=O) groups excluding carboxylic acids is 1. The third kappa shape index (κ3) is 2.38. The van der Waals surface area contributed by atoms with E-state index < -0.39 is 0 Å². The summed E-state index contributed by atoms with van der Waals surface area (Å²) in [5, 5.41) is 9.04. The first-order chi connectivity index (χ1) is 5.61. The Hall–Kier alpha value is -0.220. The smallest absolute Gasteiger partial charge is 0.235 e. The highest BCUT2D eigenvalue weighted by molar-refractivity contribution is 7.81. The first-order valence-corrected chi connectivity index (χ1v) is 4.78. The maximum absolute atomic E-state index is 11.4. The van der Waals surface area contributed by atoms with E-state index in [1.807, 2.05) is 0 Å². The summed E-state index contributed by atoms with van der Waals surface area (Å²) < 4.78 is 0. The molecule has 0 spiro atoms. The normalized spacial score (nSPS) is 26.9. The largest absolute Gasteiger partial charge is 0.391 e. The molecule has 4 heteroatoms. The SMILES string of the molecule is CC(S)C(=O)N1CCCC(O)C1. The molecule has 2 atom stereocenters. The summed E-state index contributed by atoms with van der Waals surface area (Å²) in [5.41, 5.74) is 0. The molecular formula is C8H15NO2S. The second-order valence-corrected chi connectivity index (χ2v) is 4.03. The molecule has 1 saturated heterocycles. The molecular weight excluding hydrogens is 174 g/mol. The van der Waals surface area contributed by atoms with Crippen LogP contribution >= 0.6 is 12.6 Å². The van der Waals surface area contributed by atoms with E-state index in [9.17, 15) is 9.90 Å². The lowest BCUT2D eigenvalue weighted by atomic mass is 10.1. The zero-order valence-corrected chi connectivity index (χ0v) is 8.13. The van der Waals surface area contributed by atoms with Crippen LogP contribution in [0.5, 0.6) is 0 Å². The zero-order chi connectivity index (χ0) is 9.14. The summed E-state index contributed by atoms with van der Waals surface area (Å²) in [6.07, 6.45) is 1.37. The van der Waals surface area contributed by atoms with Gasteiger partial charge in [0.05, 0.1) is 11.4 Å². The lowest BCUT2D eigenvalue weighted by Crippen LogP contribution is -2.44. The van der Waals surface area contributed by atoms with Gasteiger partial charge >= 0.3 is 0 Å². The second-order valence-electron chi connectivity index (χ2n) is 3.26. The van der Waals surface area contributed by atoms with E-state index in [1.165, 1.54) is 0 Å². The molecule has 0 saturated carbocycles. The third-order valence-electron chi connectivity index (χ3n) is 2.07. The monoisotopic (exact) mass is 189 g/mol. The van der Waals surface area contributed by atoms with E-state index in [-0.39, 0.29) is 17.3 Å². The first-order valence-electron chi connectivity index (χ1n) is 4.26. The molecule has 1 fully saturated rings. The van der Waals surface area contributed by atoms with E-state index in [1.54, 1.807) is 11.8 Å². The maximum Gasteiger partial charge on any atom is 0.235 e. The Morgan fingerprint density at radius 2 is 2.42 bits per heavy atom. The van der Waals surface area contributed by atoms with Crippen molar-refractivity contribution in [3.05, 3.63) is 0 Å². The minimum absolute atomic E-state index is 0.0251. The van der Waals surface area contributed by atoms with Gasteiger partial charge < -0.3 is 10.0 Å². The van der Waals surface area contributed by atoms with Gasteiger partial charge in [-0.2, -0.15) is 12.6 Å². The van der Waals surface area contributed by atoms with Crippen LogP contribution in [0.2, 0.25) is 0 Å². The number of carbonyl (C=O) groups is 1. The van der Waals surface area contributed by atoms with Crippen LogP contribution < -0.4 is 0 Å². The number of rotatable bonds is 1. The van der Waals surface area contributed by atoms with Crippen molar-refractivity contribution in [2.24, 2.45) is 0 Å². The Labute approximate surface area is 78.2 Å². The van der Waals surface area contributed by atoms with Gasteiger partial charge in [-0.05, 0) is 19.8 Å². The Kier molecular flexibility index (Phi) is 3.40. The number of piperidine rings is 1. The number of β-amino-alcohol motifs (C(OH)–C–C–N with tert-alkyl or cyclic N) is 1. The quantitative estimate of drug-likeness (QED) is 0.582. The molecule has 0 aliphatic carbocycles. The van der Waals surface area contributed by atoms with Crippen molar-refractivity contribution in [1.29, 1.82) is 0 Å². The molecule has 3 nitrogen and oxygen atoms in total. The Balaban J connectivity index is 2.46. The van der Waals surface area contributed by atoms with Gasteiger partial charge in [-0.25, -0.2) is 0 Å². The molecule has 1 aliphatic heterocycles. The van der Waals surface area contributed by atoms with Gasteiger partial charge in [0.1, 0.15) is 0 Å². The van der Waals surface area contributed by atoms with E-state index >= 15 is 0 Å². The van der Waals surface area contributed by atoms with Crippen molar-refractivity contribution >= 4 is 18.5 Å². The number of aliphatic hydroxyl groups is 1. The topological polar surface area (TPSA) is 40.5 Å². The summed E-state index contributed by atoms with van der Waals surface area (Å²) in [5.74, 6) is 0.0251. The number of hydrogen-bond acceptors (Lipinski definition) is 3. The molecule has 12 heavy (non-hydrogen) atoms. The molecule has 1 amide bonds. The zero-order valence-electron chi connectivity index (χ0n) is 7.23. The summed E-state index contributed by atoms with van der Waals surface area (Å²) in [6, 6.07) is 0. The maximum atomic E-state index is 11.4. The fourth-order valence-corrected chi connectivity index (χ4v) is 1.58. The average Bonchev–Trinajstić information content (AvgIpc) is 2.03. The highest BCUT2D eigenvalue weighted by Crippen LogP contribution is 2.12.